The molecule has 1 aliphatic heterocycles. The van der Waals surface area contributed by atoms with E-state index in [-0.39, 0.29) is 35.9 Å². The van der Waals surface area contributed by atoms with Crippen LogP contribution >= 0.6 is 0 Å². The summed E-state index contributed by atoms with van der Waals surface area (Å²) in [5, 5.41) is 10.7. The quantitative estimate of drug-likeness (QED) is 0.616. The van der Waals surface area contributed by atoms with Crippen molar-refractivity contribution < 1.29 is 18.1 Å². The predicted octanol–water partition coefficient (Wildman–Crippen LogP) is 2.75. The van der Waals surface area contributed by atoms with Gasteiger partial charge in [-0.2, -0.15) is 4.31 Å². The summed E-state index contributed by atoms with van der Waals surface area (Å²) in [5.41, 5.74) is 0.773. The average molecular weight is 362 g/mol. The molecule has 2 aromatic rings. The molecule has 0 aromatic heterocycles. The van der Waals surface area contributed by atoms with Gasteiger partial charge < -0.3 is 4.74 Å². The zero-order valence-electron chi connectivity index (χ0n) is 13.6. The molecule has 1 fully saturated rings. The third-order valence-electron chi connectivity index (χ3n) is 4.08. The van der Waals surface area contributed by atoms with Crippen LogP contribution in [0.1, 0.15) is 18.6 Å². The van der Waals surface area contributed by atoms with Crippen LogP contribution in [0.5, 0.6) is 0 Å². The Morgan fingerprint density at radius 2 is 1.72 bits per heavy atom. The number of hydrogen-bond donors (Lipinski definition) is 0. The summed E-state index contributed by atoms with van der Waals surface area (Å²) in [6.45, 7) is 2.27. The minimum atomic E-state index is -3.75. The van der Waals surface area contributed by atoms with E-state index >= 15 is 0 Å². The number of ether oxygens (including phenoxy) is 1. The van der Waals surface area contributed by atoms with Crippen molar-refractivity contribution in [3.8, 4) is 0 Å². The van der Waals surface area contributed by atoms with Crippen molar-refractivity contribution >= 4 is 15.7 Å². The molecule has 1 saturated heterocycles. The Balaban J connectivity index is 1.87. The largest absolute Gasteiger partial charge is 0.368 e. The molecule has 0 N–H and O–H groups in total. The van der Waals surface area contributed by atoms with Crippen molar-refractivity contribution in [1.29, 1.82) is 0 Å². The number of nitro groups is 1. The zero-order chi connectivity index (χ0) is 18.0. The molecule has 8 heteroatoms. The van der Waals surface area contributed by atoms with Crippen LogP contribution in [0, 0.1) is 10.1 Å². The third-order valence-corrected chi connectivity index (χ3v) is 5.93. The molecule has 25 heavy (non-hydrogen) atoms. The Morgan fingerprint density at radius 3 is 2.32 bits per heavy atom. The van der Waals surface area contributed by atoms with Crippen LogP contribution in [0.3, 0.4) is 0 Å². The molecule has 0 unspecified atom stereocenters. The molecular weight excluding hydrogens is 344 g/mol. The van der Waals surface area contributed by atoms with Gasteiger partial charge in [-0.3, -0.25) is 10.1 Å². The van der Waals surface area contributed by atoms with Crippen LogP contribution < -0.4 is 0 Å². The molecule has 1 aliphatic rings. The highest BCUT2D eigenvalue weighted by Crippen LogP contribution is 2.29. The highest BCUT2D eigenvalue weighted by molar-refractivity contribution is 7.89. The number of nitrogens with zero attached hydrogens (tertiary/aromatic N) is 2. The number of rotatable bonds is 4. The second-order valence-corrected chi connectivity index (χ2v) is 7.86. The van der Waals surface area contributed by atoms with E-state index in [4.69, 9.17) is 4.74 Å². The molecular formula is C17H18N2O5S. The van der Waals surface area contributed by atoms with E-state index in [2.05, 4.69) is 0 Å². The molecule has 0 bridgehead atoms. The number of non-ortho nitro benzene ring substituents is 1. The second-order valence-electron chi connectivity index (χ2n) is 5.92. The fourth-order valence-corrected chi connectivity index (χ4v) is 4.37. The summed E-state index contributed by atoms with van der Waals surface area (Å²) in [6.07, 6.45) is -0.607. The van der Waals surface area contributed by atoms with E-state index in [0.717, 1.165) is 5.56 Å². The maximum absolute atomic E-state index is 12.9. The Bertz CT molecular complexity index is 852. The first-order chi connectivity index (χ1) is 11.9. The summed E-state index contributed by atoms with van der Waals surface area (Å²) in [4.78, 5) is 10.2. The van der Waals surface area contributed by atoms with Gasteiger partial charge in [0.15, 0.2) is 0 Å². The number of morpholine rings is 1. The van der Waals surface area contributed by atoms with E-state index in [1.165, 1.54) is 28.6 Å². The number of nitro benzene ring substituents is 1. The maximum Gasteiger partial charge on any atom is 0.269 e. The van der Waals surface area contributed by atoms with Crippen molar-refractivity contribution in [2.45, 2.75) is 24.0 Å². The van der Waals surface area contributed by atoms with Gasteiger partial charge in [-0.1, -0.05) is 30.3 Å². The van der Waals surface area contributed by atoms with Gasteiger partial charge in [0.05, 0.1) is 22.0 Å². The van der Waals surface area contributed by atoms with Crippen LogP contribution in [0.25, 0.3) is 0 Å². The van der Waals surface area contributed by atoms with Crippen LogP contribution in [-0.4, -0.2) is 36.8 Å². The molecule has 0 radical (unpaired) electrons. The fourth-order valence-electron chi connectivity index (χ4n) is 2.85. The molecule has 7 nitrogen and oxygen atoms in total. The Kier molecular flexibility index (Phi) is 4.85. The lowest BCUT2D eigenvalue weighted by molar-refractivity contribution is -0.384. The SMILES string of the molecule is C[C@@H]1CN(S(=O)(=O)c2ccc([N+](=O)[O-])cc2)C[C@H](c2ccccc2)O1. The number of hydrogen-bond acceptors (Lipinski definition) is 5. The highest BCUT2D eigenvalue weighted by Gasteiger charge is 2.34. The topological polar surface area (TPSA) is 89.8 Å². The number of benzene rings is 2. The normalized spacial score (nSPS) is 21.8. The third kappa shape index (κ3) is 3.71. The second kappa shape index (κ2) is 6.91. The molecule has 0 amide bonds. The summed E-state index contributed by atoms with van der Waals surface area (Å²) >= 11 is 0. The minimum absolute atomic E-state index is 0.0408. The Morgan fingerprint density at radius 1 is 1.08 bits per heavy atom. The monoisotopic (exact) mass is 362 g/mol. The molecule has 132 valence electrons. The Labute approximate surface area is 146 Å². The van der Waals surface area contributed by atoms with E-state index in [0.29, 0.717) is 0 Å². The van der Waals surface area contributed by atoms with Gasteiger partial charge in [-0.05, 0) is 24.6 Å². The van der Waals surface area contributed by atoms with Gasteiger partial charge in [0.25, 0.3) is 5.69 Å². The first-order valence-electron chi connectivity index (χ1n) is 7.83. The smallest absolute Gasteiger partial charge is 0.269 e. The average Bonchev–Trinajstić information content (AvgIpc) is 2.62. The number of sulfonamides is 1. The minimum Gasteiger partial charge on any atom is -0.368 e. The molecule has 0 spiro atoms. The lowest BCUT2D eigenvalue weighted by Crippen LogP contribution is -2.45. The van der Waals surface area contributed by atoms with E-state index in [1.54, 1.807) is 0 Å². The van der Waals surface area contributed by atoms with Gasteiger partial charge in [0.2, 0.25) is 10.0 Å². The van der Waals surface area contributed by atoms with Crippen molar-refractivity contribution in [2.24, 2.45) is 0 Å². The maximum atomic E-state index is 12.9. The lowest BCUT2D eigenvalue weighted by Gasteiger charge is -2.36. The standard InChI is InChI=1S/C17H18N2O5S/c1-13-11-18(12-17(24-13)14-5-3-2-4-6-14)25(22,23)16-9-7-15(8-10-16)19(20)21/h2-10,13,17H,11-12H2,1H3/t13-,17-/m1/s1. The van der Waals surface area contributed by atoms with Gasteiger partial charge in [-0.15, -0.1) is 0 Å². The van der Waals surface area contributed by atoms with Crippen LogP contribution in [0.2, 0.25) is 0 Å². The summed E-state index contributed by atoms with van der Waals surface area (Å²) in [5.74, 6) is 0. The van der Waals surface area contributed by atoms with Gasteiger partial charge >= 0.3 is 0 Å². The Hall–Kier alpha value is -2.29. The molecule has 0 saturated carbocycles. The van der Waals surface area contributed by atoms with Crippen LogP contribution in [-0.2, 0) is 14.8 Å². The molecule has 2 aromatic carbocycles. The van der Waals surface area contributed by atoms with E-state index < -0.39 is 14.9 Å². The van der Waals surface area contributed by atoms with E-state index in [1.807, 2.05) is 37.3 Å². The summed E-state index contributed by atoms with van der Waals surface area (Å²) < 4.78 is 33.0. The van der Waals surface area contributed by atoms with E-state index in [9.17, 15) is 18.5 Å². The highest BCUT2D eigenvalue weighted by atomic mass is 32.2. The summed E-state index contributed by atoms with van der Waals surface area (Å²) in [6, 6.07) is 14.4. The van der Waals surface area contributed by atoms with Crippen LogP contribution in [0.4, 0.5) is 5.69 Å². The van der Waals surface area contributed by atoms with Crippen molar-refractivity contribution in [3.63, 3.8) is 0 Å². The molecule has 3 rings (SSSR count). The molecule has 0 aliphatic carbocycles. The van der Waals surface area contributed by atoms with Gasteiger partial charge in [0.1, 0.15) is 0 Å². The summed E-state index contributed by atoms with van der Waals surface area (Å²) in [7, 11) is -3.75. The molecule has 1 heterocycles. The van der Waals surface area contributed by atoms with Gasteiger partial charge in [0, 0.05) is 25.2 Å². The predicted molar refractivity (Wildman–Crippen MR) is 91.6 cm³/mol. The van der Waals surface area contributed by atoms with Gasteiger partial charge in [-0.25, -0.2) is 8.42 Å². The van der Waals surface area contributed by atoms with Crippen molar-refractivity contribution in [2.75, 3.05) is 13.1 Å². The van der Waals surface area contributed by atoms with Crippen LogP contribution in [0.15, 0.2) is 59.5 Å². The lowest BCUT2D eigenvalue weighted by atomic mass is 10.1. The van der Waals surface area contributed by atoms with Crippen molar-refractivity contribution in [3.05, 3.63) is 70.3 Å². The first-order valence-corrected chi connectivity index (χ1v) is 9.27. The fraction of sp³-hybridized carbons (Fsp3) is 0.294. The zero-order valence-corrected chi connectivity index (χ0v) is 14.4. The first kappa shape index (κ1) is 17.5. The van der Waals surface area contributed by atoms with Crippen molar-refractivity contribution in [1.82, 2.24) is 4.31 Å². The molecule has 2 atom stereocenters.